The van der Waals surface area contributed by atoms with Crippen molar-refractivity contribution >= 4 is 39.2 Å². The summed E-state index contributed by atoms with van der Waals surface area (Å²) in [6.07, 6.45) is 3.00. The molecule has 9 heteroatoms. The minimum atomic E-state index is -3.53. The Morgan fingerprint density at radius 3 is 2.19 bits per heavy atom. The number of sulfonamides is 1. The molecule has 0 atom stereocenters. The molecule has 0 spiro atoms. The minimum Gasteiger partial charge on any atom is -0.369 e. The molecule has 1 aliphatic rings. The number of aromatic nitrogens is 1. The molecule has 0 amide bonds. The maximum atomic E-state index is 12.0. The molecular weight excluding hydrogens is 455 g/mol. The SMILES string of the molecule is NC(=NS(=O)(=O)C1CC1)NCc1cnc(-c2ccc(Cl)cc2)c(-c2ccc(Cl)cc2)c1. The first-order chi connectivity index (χ1) is 14.8. The molecule has 1 aromatic heterocycles. The highest BCUT2D eigenvalue weighted by atomic mass is 35.5. The summed E-state index contributed by atoms with van der Waals surface area (Å²) in [5.74, 6) is -0.123. The molecule has 0 saturated heterocycles. The summed E-state index contributed by atoms with van der Waals surface area (Å²) in [5.41, 5.74) is 10.2. The van der Waals surface area contributed by atoms with E-state index in [9.17, 15) is 8.42 Å². The Hall–Kier alpha value is -2.61. The number of nitrogens with one attached hydrogen (secondary N) is 1. The summed E-state index contributed by atoms with van der Waals surface area (Å²) in [6.45, 7) is 0.282. The Bertz CT molecular complexity index is 1220. The molecule has 1 fully saturated rings. The number of hydrogen-bond acceptors (Lipinski definition) is 3. The molecule has 0 radical (unpaired) electrons. The Kier molecular flexibility index (Phi) is 6.18. The fraction of sp³-hybridized carbons (Fsp3) is 0.182. The van der Waals surface area contributed by atoms with Crippen molar-refractivity contribution in [1.29, 1.82) is 0 Å². The maximum absolute atomic E-state index is 12.0. The lowest BCUT2D eigenvalue weighted by Gasteiger charge is -2.13. The summed E-state index contributed by atoms with van der Waals surface area (Å²) < 4.78 is 27.6. The fourth-order valence-electron chi connectivity index (χ4n) is 3.09. The van der Waals surface area contributed by atoms with Crippen molar-refractivity contribution in [3.05, 3.63) is 76.4 Å². The second-order valence-electron chi connectivity index (χ2n) is 7.30. The van der Waals surface area contributed by atoms with Crippen LogP contribution in [0.3, 0.4) is 0 Å². The second-order valence-corrected chi connectivity index (χ2v) is 10.0. The highest BCUT2D eigenvalue weighted by Gasteiger charge is 2.35. The highest BCUT2D eigenvalue weighted by molar-refractivity contribution is 7.91. The first kappa shape index (κ1) is 21.6. The van der Waals surface area contributed by atoms with E-state index in [1.807, 2.05) is 54.6 Å². The lowest BCUT2D eigenvalue weighted by molar-refractivity contribution is 0.596. The van der Waals surface area contributed by atoms with Gasteiger partial charge in [-0.05, 0) is 54.3 Å². The van der Waals surface area contributed by atoms with Crippen LogP contribution in [-0.4, -0.2) is 24.6 Å². The van der Waals surface area contributed by atoms with Gasteiger partial charge in [-0.3, -0.25) is 4.98 Å². The number of nitrogens with zero attached hydrogens (tertiary/aromatic N) is 2. The van der Waals surface area contributed by atoms with E-state index in [0.717, 1.165) is 27.9 Å². The van der Waals surface area contributed by atoms with Crippen LogP contribution >= 0.6 is 23.2 Å². The van der Waals surface area contributed by atoms with E-state index < -0.39 is 15.3 Å². The smallest absolute Gasteiger partial charge is 0.259 e. The molecule has 0 unspecified atom stereocenters. The minimum absolute atomic E-state index is 0.123. The molecular formula is C22H20Cl2N4O2S. The van der Waals surface area contributed by atoms with Gasteiger partial charge < -0.3 is 11.1 Å². The normalized spacial score (nSPS) is 14.5. The van der Waals surface area contributed by atoms with Crippen LogP contribution in [0.5, 0.6) is 0 Å². The molecule has 2 aromatic carbocycles. The van der Waals surface area contributed by atoms with Gasteiger partial charge in [0, 0.05) is 33.9 Å². The lowest BCUT2D eigenvalue weighted by atomic mass is 9.98. The number of halogens is 2. The van der Waals surface area contributed by atoms with E-state index in [2.05, 4.69) is 14.7 Å². The predicted octanol–water partition coefficient (Wildman–Crippen LogP) is 4.62. The summed E-state index contributed by atoms with van der Waals surface area (Å²) in [7, 11) is -3.53. The molecule has 31 heavy (non-hydrogen) atoms. The van der Waals surface area contributed by atoms with E-state index in [4.69, 9.17) is 28.9 Å². The maximum Gasteiger partial charge on any atom is 0.259 e. The largest absolute Gasteiger partial charge is 0.369 e. The summed E-state index contributed by atoms with van der Waals surface area (Å²) in [6, 6.07) is 16.9. The Labute approximate surface area is 191 Å². The van der Waals surface area contributed by atoms with E-state index in [-0.39, 0.29) is 12.5 Å². The summed E-state index contributed by atoms with van der Waals surface area (Å²) in [5, 5.41) is 3.75. The van der Waals surface area contributed by atoms with E-state index >= 15 is 0 Å². The molecule has 0 aliphatic heterocycles. The molecule has 4 rings (SSSR count). The molecule has 1 saturated carbocycles. The molecule has 0 bridgehead atoms. The van der Waals surface area contributed by atoms with Crippen molar-refractivity contribution in [3.8, 4) is 22.4 Å². The third kappa shape index (κ3) is 5.36. The molecule has 160 valence electrons. The summed E-state index contributed by atoms with van der Waals surface area (Å²) in [4.78, 5) is 4.65. The monoisotopic (exact) mass is 474 g/mol. The Morgan fingerprint density at radius 1 is 1.03 bits per heavy atom. The molecule has 3 aromatic rings. The Morgan fingerprint density at radius 2 is 1.61 bits per heavy atom. The van der Waals surface area contributed by atoms with Gasteiger partial charge in [0.05, 0.1) is 10.9 Å². The Balaban J connectivity index is 1.64. The summed E-state index contributed by atoms with van der Waals surface area (Å²) >= 11 is 12.1. The van der Waals surface area contributed by atoms with Crippen molar-refractivity contribution in [1.82, 2.24) is 10.3 Å². The van der Waals surface area contributed by atoms with Crippen LogP contribution in [0.1, 0.15) is 18.4 Å². The van der Waals surface area contributed by atoms with E-state index in [1.54, 1.807) is 6.20 Å². The molecule has 1 heterocycles. The van der Waals surface area contributed by atoms with Crippen LogP contribution in [0, 0.1) is 0 Å². The van der Waals surface area contributed by atoms with Crippen molar-refractivity contribution in [2.24, 2.45) is 10.1 Å². The van der Waals surface area contributed by atoms with E-state index in [1.165, 1.54) is 0 Å². The number of rotatable bonds is 6. The fourth-order valence-corrected chi connectivity index (χ4v) is 4.57. The van der Waals surface area contributed by atoms with Crippen LogP contribution < -0.4 is 11.1 Å². The van der Waals surface area contributed by atoms with Gasteiger partial charge >= 0.3 is 0 Å². The van der Waals surface area contributed by atoms with Crippen LogP contribution in [-0.2, 0) is 16.6 Å². The number of guanidine groups is 1. The zero-order valence-corrected chi connectivity index (χ0v) is 18.8. The van der Waals surface area contributed by atoms with Gasteiger partial charge in [-0.25, -0.2) is 8.42 Å². The van der Waals surface area contributed by atoms with Crippen molar-refractivity contribution in [2.75, 3.05) is 0 Å². The predicted molar refractivity (Wildman–Crippen MR) is 126 cm³/mol. The zero-order chi connectivity index (χ0) is 22.0. The van der Waals surface area contributed by atoms with Gasteiger partial charge in [-0.2, -0.15) is 0 Å². The standard InChI is InChI=1S/C22H20Cl2N4O2S/c23-17-5-1-15(2-6-17)20-11-14(12-26-21(20)16-3-7-18(24)8-4-16)13-27-22(25)28-31(29,30)19-9-10-19/h1-8,11-12,19H,9-10,13H2,(H3,25,27,28). The highest BCUT2D eigenvalue weighted by Crippen LogP contribution is 2.32. The van der Waals surface area contributed by atoms with Crippen molar-refractivity contribution in [2.45, 2.75) is 24.6 Å². The van der Waals surface area contributed by atoms with Crippen LogP contribution in [0.15, 0.2) is 65.2 Å². The third-order valence-electron chi connectivity index (χ3n) is 4.86. The van der Waals surface area contributed by atoms with Gasteiger partial charge in [0.15, 0.2) is 0 Å². The first-order valence-electron chi connectivity index (χ1n) is 9.66. The van der Waals surface area contributed by atoms with E-state index in [0.29, 0.717) is 22.9 Å². The van der Waals surface area contributed by atoms with Crippen LogP contribution in [0.25, 0.3) is 22.4 Å². The average molecular weight is 475 g/mol. The van der Waals surface area contributed by atoms with Gasteiger partial charge in [0.25, 0.3) is 10.0 Å². The number of hydrogen-bond donors (Lipinski definition) is 2. The van der Waals surface area contributed by atoms with Crippen LogP contribution in [0.2, 0.25) is 10.0 Å². The quantitative estimate of drug-likeness (QED) is 0.401. The van der Waals surface area contributed by atoms with Gasteiger partial charge in [0.2, 0.25) is 5.96 Å². The number of nitrogens with two attached hydrogens (primary N) is 1. The molecule has 3 N–H and O–H groups in total. The number of pyridine rings is 1. The average Bonchev–Trinajstić information content (AvgIpc) is 3.59. The molecule has 1 aliphatic carbocycles. The first-order valence-corrected chi connectivity index (χ1v) is 11.9. The van der Waals surface area contributed by atoms with Crippen molar-refractivity contribution in [3.63, 3.8) is 0 Å². The second kappa shape index (κ2) is 8.86. The zero-order valence-electron chi connectivity index (χ0n) is 16.4. The van der Waals surface area contributed by atoms with Gasteiger partial charge in [-0.15, -0.1) is 4.40 Å². The molecule has 6 nitrogen and oxygen atoms in total. The van der Waals surface area contributed by atoms with Gasteiger partial charge in [0.1, 0.15) is 0 Å². The third-order valence-corrected chi connectivity index (χ3v) is 7.13. The van der Waals surface area contributed by atoms with Crippen molar-refractivity contribution < 1.29 is 8.42 Å². The number of benzene rings is 2. The topological polar surface area (TPSA) is 97.4 Å². The lowest BCUT2D eigenvalue weighted by Crippen LogP contribution is -2.32. The van der Waals surface area contributed by atoms with Crippen LogP contribution in [0.4, 0.5) is 0 Å². The van der Waals surface area contributed by atoms with Gasteiger partial charge in [-0.1, -0.05) is 47.5 Å².